The summed E-state index contributed by atoms with van der Waals surface area (Å²) in [6, 6.07) is 9.45. The van der Waals surface area contributed by atoms with Crippen LogP contribution in [0.25, 0.3) is 0 Å². The Hall–Kier alpha value is -0.860. The molecule has 2 atom stereocenters. The van der Waals surface area contributed by atoms with E-state index in [9.17, 15) is 0 Å². The molecule has 2 nitrogen and oxygen atoms in total. The molecule has 0 radical (unpaired) electrons. The van der Waals surface area contributed by atoms with Crippen LogP contribution < -0.4 is 5.32 Å². The summed E-state index contributed by atoms with van der Waals surface area (Å²) in [5.74, 6) is 0.749. The van der Waals surface area contributed by atoms with E-state index < -0.39 is 0 Å². The van der Waals surface area contributed by atoms with Crippen LogP contribution in [0.1, 0.15) is 24.5 Å². The van der Waals surface area contributed by atoms with Gasteiger partial charge in [-0.1, -0.05) is 36.8 Å². The summed E-state index contributed by atoms with van der Waals surface area (Å²) in [5.41, 5.74) is 2.75. The van der Waals surface area contributed by atoms with E-state index in [2.05, 4.69) is 55.4 Å². The van der Waals surface area contributed by atoms with Gasteiger partial charge in [-0.05, 0) is 38.4 Å². The molecule has 1 fully saturated rings. The third-order valence-electron chi connectivity index (χ3n) is 3.76. The largest absolute Gasteiger partial charge is 0.310 e. The van der Waals surface area contributed by atoms with E-state index in [0.717, 1.165) is 12.5 Å². The van der Waals surface area contributed by atoms with Crippen molar-refractivity contribution in [3.05, 3.63) is 35.4 Å². The molecule has 1 aromatic carbocycles. The van der Waals surface area contributed by atoms with Crippen LogP contribution in [-0.4, -0.2) is 31.1 Å². The molecule has 2 rings (SSSR count). The third-order valence-corrected chi connectivity index (χ3v) is 3.76. The molecule has 1 aromatic rings. The van der Waals surface area contributed by atoms with Crippen LogP contribution in [0.2, 0.25) is 0 Å². The summed E-state index contributed by atoms with van der Waals surface area (Å²) in [6.45, 7) is 7.94. The SMILES string of the molecule is Cc1cccc(CNC2CCN(C)CC2C)c1. The smallest absolute Gasteiger partial charge is 0.0208 e. The maximum absolute atomic E-state index is 3.71. The van der Waals surface area contributed by atoms with E-state index in [1.165, 1.54) is 30.6 Å². The highest BCUT2D eigenvalue weighted by Crippen LogP contribution is 2.16. The lowest BCUT2D eigenvalue weighted by Crippen LogP contribution is -2.46. The molecule has 0 spiro atoms. The van der Waals surface area contributed by atoms with Crippen molar-refractivity contribution >= 4 is 0 Å². The number of nitrogens with zero attached hydrogens (tertiary/aromatic N) is 1. The van der Waals surface area contributed by atoms with Crippen LogP contribution in [0, 0.1) is 12.8 Å². The van der Waals surface area contributed by atoms with Crippen molar-refractivity contribution in [1.29, 1.82) is 0 Å². The fourth-order valence-corrected chi connectivity index (χ4v) is 2.73. The Bertz CT molecular complexity index is 362. The second-order valence-electron chi connectivity index (χ2n) is 5.50. The number of aryl methyl sites for hydroxylation is 1. The van der Waals surface area contributed by atoms with E-state index in [-0.39, 0.29) is 0 Å². The van der Waals surface area contributed by atoms with Crippen molar-refractivity contribution in [2.45, 2.75) is 32.9 Å². The van der Waals surface area contributed by atoms with Crippen molar-refractivity contribution < 1.29 is 0 Å². The summed E-state index contributed by atoms with van der Waals surface area (Å²) in [7, 11) is 2.22. The van der Waals surface area contributed by atoms with Crippen LogP contribution in [0.15, 0.2) is 24.3 Å². The van der Waals surface area contributed by atoms with Crippen LogP contribution in [0.4, 0.5) is 0 Å². The Kier molecular flexibility index (Phi) is 4.19. The fourth-order valence-electron chi connectivity index (χ4n) is 2.73. The molecule has 1 aliphatic rings. The monoisotopic (exact) mass is 232 g/mol. The molecule has 0 saturated carbocycles. The van der Waals surface area contributed by atoms with Crippen LogP contribution in [0.3, 0.4) is 0 Å². The van der Waals surface area contributed by atoms with E-state index >= 15 is 0 Å². The second-order valence-corrected chi connectivity index (χ2v) is 5.50. The Morgan fingerprint density at radius 3 is 2.94 bits per heavy atom. The van der Waals surface area contributed by atoms with Gasteiger partial charge in [-0.25, -0.2) is 0 Å². The number of rotatable bonds is 3. The molecule has 0 amide bonds. The minimum absolute atomic E-state index is 0.673. The lowest BCUT2D eigenvalue weighted by atomic mass is 9.94. The Morgan fingerprint density at radius 2 is 2.24 bits per heavy atom. The number of nitrogens with one attached hydrogen (secondary N) is 1. The first kappa shape index (κ1) is 12.6. The highest BCUT2D eigenvalue weighted by molar-refractivity contribution is 5.22. The molecule has 1 heterocycles. The number of benzene rings is 1. The quantitative estimate of drug-likeness (QED) is 0.861. The summed E-state index contributed by atoms with van der Waals surface area (Å²) in [5, 5.41) is 3.71. The van der Waals surface area contributed by atoms with Gasteiger partial charge in [-0.15, -0.1) is 0 Å². The summed E-state index contributed by atoms with van der Waals surface area (Å²) >= 11 is 0. The second kappa shape index (κ2) is 5.65. The minimum Gasteiger partial charge on any atom is -0.310 e. The Labute approximate surface area is 105 Å². The van der Waals surface area contributed by atoms with Gasteiger partial charge in [0.15, 0.2) is 0 Å². The zero-order valence-electron chi connectivity index (χ0n) is 11.2. The van der Waals surface area contributed by atoms with Crippen molar-refractivity contribution in [3.63, 3.8) is 0 Å². The van der Waals surface area contributed by atoms with Gasteiger partial charge in [0.05, 0.1) is 0 Å². The Balaban J connectivity index is 1.86. The van der Waals surface area contributed by atoms with Gasteiger partial charge in [0.25, 0.3) is 0 Å². The molecule has 17 heavy (non-hydrogen) atoms. The summed E-state index contributed by atoms with van der Waals surface area (Å²) < 4.78 is 0. The molecular formula is C15H24N2. The summed E-state index contributed by atoms with van der Waals surface area (Å²) in [6.07, 6.45) is 1.27. The zero-order valence-corrected chi connectivity index (χ0v) is 11.2. The average molecular weight is 232 g/mol. The normalized spacial score (nSPS) is 26.1. The lowest BCUT2D eigenvalue weighted by Gasteiger charge is -2.35. The molecule has 0 aromatic heterocycles. The first-order valence-corrected chi connectivity index (χ1v) is 6.62. The van der Waals surface area contributed by atoms with Crippen LogP contribution >= 0.6 is 0 Å². The van der Waals surface area contributed by atoms with Crippen molar-refractivity contribution in [1.82, 2.24) is 10.2 Å². The fraction of sp³-hybridized carbons (Fsp3) is 0.600. The van der Waals surface area contributed by atoms with Crippen molar-refractivity contribution in [3.8, 4) is 0 Å². The lowest BCUT2D eigenvalue weighted by molar-refractivity contribution is 0.174. The van der Waals surface area contributed by atoms with Crippen molar-refractivity contribution in [2.24, 2.45) is 5.92 Å². The predicted molar refractivity (Wildman–Crippen MR) is 73.1 cm³/mol. The standard InChI is InChI=1S/C15H24N2/c1-12-5-4-6-14(9-12)10-16-15-7-8-17(3)11-13(15)2/h4-6,9,13,15-16H,7-8,10-11H2,1-3H3. The topological polar surface area (TPSA) is 15.3 Å². The predicted octanol–water partition coefficient (Wildman–Crippen LogP) is 2.42. The van der Waals surface area contributed by atoms with Gasteiger partial charge in [-0.3, -0.25) is 0 Å². The molecule has 2 heteroatoms. The third kappa shape index (κ3) is 3.55. The van der Waals surface area contributed by atoms with Gasteiger partial charge in [0.2, 0.25) is 0 Å². The molecule has 1 aliphatic heterocycles. The van der Waals surface area contributed by atoms with Gasteiger partial charge in [-0.2, -0.15) is 0 Å². The molecule has 1 saturated heterocycles. The molecule has 1 N–H and O–H groups in total. The van der Waals surface area contributed by atoms with E-state index in [4.69, 9.17) is 0 Å². The molecule has 0 bridgehead atoms. The van der Waals surface area contributed by atoms with Gasteiger partial charge in [0, 0.05) is 19.1 Å². The first-order chi connectivity index (χ1) is 8.15. The molecule has 2 unspecified atom stereocenters. The average Bonchev–Trinajstić information content (AvgIpc) is 2.28. The van der Waals surface area contributed by atoms with Crippen LogP contribution in [-0.2, 0) is 6.54 Å². The highest BCUT2D eigenvalue weighted by Gasteiger charge is 2.23. The van der Waals surface area contributed by atoms with E-state index in [1.54, 1.807) is 0 Å². The van der Waals surface area contributed by atoms with E-state index in [1.807, 2.05) is 0 Å². The first-order valence-electron chi connectivity index (χ1n) is 6.62. The van der Waals surface area contributed by atoms with E-state index in [0.29, 0.717) is 6.04 Å². The Morgan fingerprint density at radius 1 is 1.41 bits per heavy atom. The number of piperidine rings is 1. The van der Waals surface area contributed by atoms with Crippen molar-refractivity contribution in [2.75, 3.05) is 20.1 Å². The van der Waals surface area contributed by atoms with Gasteiger partial charge >= 0.3 is 0 Å². The molecule has 94 valence electrons. The number of hydrogen-bond acceptors (Lipinski definition) is 2. The highest BCUT2D eigenvalue weighted by atomic mass is 15.1. The zero-order chi connectivity index (χ0) is 12.3. The molecule has 0 aliphatic carbocycles. The van der Waals surface area contributed by atoms with Gasteiger partial charge in [0.1, 0.15) is 0 Å². The molecular weight excluding hydrogens is 208 g/mol. The maximum atomic E-state index is 3.71. The maximum Gasteiger partial charge on any atom is 0.0208 e. The summed E-state index contributed by atoms with van der Waals surface area (Å²) in [4.78, 5) is 2.43. The van der Waals surface area contributed by atoms with Gasteiger partial charge < -0.3 is 10.2 Å². The minimum atomic E-state index is 0.673. The number of likely N-dealkylation sites (tertiary alicyclic amines) is 1. The number of hydrogen-bond donors (Lipinski definition) is 1. The van der Waals surface area contributed by atoms with Crippen LogP contribution in [0.5, 0.6) is 0 Å².